The SMILES string of the molecule is Cc1cccc(C(=O)NC(C(=O)NCc2ccccc2N2CCN(C)CC2)C(C)C)c1. The van der Waals surface area contributed by atoms with Crippen molar-refractivity contribution in [2.24, 2.45) is 5.92 Å². The van der Waals surface area contributed by atoms with Crippen LogP contribution in [0, 0.1) is 12.8 Å². The number of aryl methyl sites for hydroxylation is 1. The maximum Gasteiger partial charge on any atom is 0.251 e. The van der Waals surface area contributed by atoms with Gasteiger partial charge in [0.2, 0.25) is 5.91 Å². The second kappa shape index (κ2) is 10.4. The number of anilines is 1. The van der Waals surface area contributed by atoms with E-state index < -0.39 is 6.04 Å². The van der Waals surface area contributed by atoms with E-state index >= 15 is 0 Å². The summed E-state index contributed by atoms with van der Waals surface area (Å²) >= 11 is 0. The Labute approximate surface area is 185 Å². The molecule has 0 aliphatic carbocycles. The number of piperazine rings is 1. The van der Waals surface area contributed by atoms with Gasteiger partial charge in [-0.2, -0.15) is 0 Å². The van der Waals surface area contributed by atoms with Crippen molar-refractivity contribution >= 4 is 17.5 Å². The van der Waals surface area contributed by atoms with Crippen LogP contribution in [0.3, 0.4) is 0 Å². The predicted molar refractivity (Wildman–Crippen MR) is 125 cm³/mol. The number of nitrogens with zero attached hydrogens (tertiary/aromatic N) is 2. The van der Waals surface area contributed by atoms with E-state index in [0.29, 0.717) is 12.1 Å². The van der Waals surface area contributed by atoms with Crippen LogP contribution in [0.4, 0.5) is 5.69 Å². The molecular weight excluding hydrogens is 388 g/mol. The lowest BCUT2D eigenvalue weighted by Gasteiger charge is -2.35. The van der Waals surface area contributed by atoms with E-state index in [1.54, 1.807) is 6.07 Å². The highest BCUT2D eigenvalue weighted by atomic mass is 16.2. The van der Waals surface area contributed by atoms with Crippen molar-refractivity contribution in [1.29, 1.82) is 0 Å². The zero-order valence-electron chi connectivity index (χ0n) is 19.0. The van der Waals surface area contributed by atoms with Crippen LogP contribution in [-0.2, 0) is 11.3 Å². The van der Waals surface area contributed by atoms with E-state index in [4.69, 9.17) is 0 Å². The molecule has 1 atom stereocenters. The average Bonchev–Trinajstić information content (AvgIpc) is 2.76. The molecule has 0 bridgehead atoms. The lowest BCUT2D eigenvalue weighted by atomic mass is 10.0. The molecule has 1 heterocycles. The molecule has 166 valence electrons. The molecule has 3 rings (SSSR count). The Bertz CT molecular complexity index is 904. The second-order valence-electron chi connectivity index (χ2n) is 8.70. The van der Waals surface area contributed by atoms with Crippen LogP contribution >= 0.6 is 0 Å². The Kier molecular flexibility index (Phi) is 7.69. The van der Waals surface area contributed by atoms with Crippen molar-refractivity contribution in [2.75, 3.05) is 38.1 Å². The quantitative estimate of drug-likeness (QED) is 0.720. The van der Waals surface area contributed by atoms with Crippen molar-refractivity contribution < 1.29 is 9.59 Å². The van der Waals surface area contributed by atoms with E-state index in [1.165, 1.54) is 5.69 Å². The van der Waals surface area contributed by atoms with Crippen molar-refractivity contribution in [3.8, 4) is 0 Å². The van der Waals surface area contributed by atoms with E-state index in [1.807, 2.05) is 51.1 Å². The zero-order chi connectivity index (χ0) is 22.4. The Balaban J connectivity index is 1.65. The minimum absolute atomic E-state index is 0.0263. The van der Waals surface area contributed by atoms with Crippen LogP contribution in [-0.4, -0.2) is 56.0 Å². The number of benzene rings is 2. The molecule has 0 radical (unpaired) electrons. The molecule has 2 amide bonds. The molecule has 1 aliphatic rings. The number of amides is 2. The third kappa shape index (κ3) is 6.07. The molecule has 31 heavy (non-hydrogen) atoms. The highest BCUT2D eigenvalue weighted by Gasteiger charge is 2.25. The van der Waals surface area contributed by atoms with E-state index in [2.05, 4.69) is 39.6 Å². The van der Waals surface area contributed by atoms with E-state index in [0.717, 1.165) is 37.3 Å². The molecule has 6 heteroatoms. The van der Waals surface area contributed by atoms with Gasteiger partial charge in [0.25, 0.3) is 5.91 Å². The molecule has 1 fully saturated rings. The minimum Gasteiger partial charge on any atom is -0.369 e. The zero-order valence-corrected chi connectivity index (χ0v) is 19.0. The van der Waals surface area contributed by atoms with Gasteiger partial charge in [0, 0.05) is 44.0 Å². The largest absolute Gasteiger partial charge is 0.369 e. The number of hydrogen-bond acceptors (Lipinski definition) is 4. The summed E-state index contributed by atoms with van der Waals surface area (Å²) in [5.74, 6) is -0.416. The summed E-state index contributed by atoms with van der Waals surface area (Å²) in [6.07, 6.45) is 0. The van der Waals surface area contributed by atoms with E-state index in [-0.39, 0.29) is 17.7 Å². The smallest absolute Gasteiger partial charge is 0.251 e. The standard InChI is InChI=1S/C25H34N4O2/c1-18(2)23(27-24(30)20-10-7-8-19(3)16-20)25(31)26-17-21-9-5-6-11-22(21)29-14-12-28(4)13-15-29/h5-11,16,18,23H,12-15,17H2,1-4H3,(H,26,31)(H,27,30). The maximum absolute atomic E-state index is 13.0. The monoisotopic (exact) mass is 422 g/mol. The first kappa shape index (κ1) is 22.8. The Morgan fingerprint density at radius 3 is 2.39 bits per heavy atom. The van der Waals surface area contributed by atoms with Gasteiger partial charge in [-0.05, 0) is 43.7 Å². The highest BCUT2D eigenvalue weighted by molar-refractivity contribution is 5.97. The maximum atomic E-state index is 13.0. The third-order valence-corrected chi connectivity index (χ3v) is 5.80. The molecule has 0 spiro atoms. The number of carbonyl (C=O) groups is 2. The molecule has 2 aromatic rings. The number of para-hydroxylation sites is 1. The normalized spacial score (nSPS) is 15.6. The molecule has 1 saturated heterocycles. The summed E-state index contributed by atoms with van der Waals surface area (Å²) in [4.78, 5) is 30.4. The van der Waals surface area contributed by atoms with Crippen molar-refractivity contribution in [3.63, 3.8) is 0 Å². The van der Waals surface area contributed by atoms with Crippen LogP contribution in [0.2, 0.25) is 0 Å². The fourth-order valence-electron chi connectivity index (χ4n) is 3.85. The average molecular weight is 423 g/mol. The fourth-order valence-corrected chi connectivity index (χ4v) is 3.85. The van der Waals surface area contributed by atoms with Gasteiger partial charge >= 0.3 is 0 Å². The van der Waals surface area contributed by atoms with Crippen LogP contribution in [0.25, 0.3) is 0 Å². The van der Waals surface area contributed by atoms with Crippen LogP contribution < -0.4 is 15.5 Å². The molecular formula is C25H34N4O2. The van der Waals surface area contributed by atoms with Crippen LogP contribution in [0.5, 0.6) is 0 Å². The van der Waals surface area contributed by atoms with Gasteiger partial charge in [0.1, 0.15) is 6.04 Å². The molecule has 0 saturated carbocycles. The van der Waals surface area contributed by atoms with Gasteiger partial charge < -0.3 is 20.4 Å². The van der Waals surface area contributed by atoms with Gasteiger partial charge in [0.05, 0.1) is 0 Å². The first-order chi connectivity index (χ1) is 14.8. The molecule has 0 aromatic heterocycles. The minimum atomic E-state index is -0.594. The van der Waals surface area contributed by atoms with Crippen LogP contribution in [0.15, 0.2) is 48.5 Å². The number of likely N-dealkylation sites (N-methyl/N-ethyl adjacent to an activating group) is 1. The molecule has 2 aromatic carbocycles. The molecule has 2 N–H and O–H groups in total. The van der Waals surface area contributed by atoms with Crippen molar-refractivity contribution in [2.45, 2.75) is 33.4 Å². The second-order valence-corrected chi connectivity index (χ2v) is 8.70. The first-order valence-corrected chi connectivity index (χ1v) is 11.0. The number of hydrogen-bond donors (Lipinski definition) is 2. The van der Waals surface area contributed by atoms with Gasteiger partial charge in [-0.1, -0.05) is 49.7 Å². The molecule has 6 nitrogen and oxygen atoms in total. The van der Waals surface area contributed by atoms with Crippen molar-refractivity contribution in [3.05, 3.63) is 65.2 Å². The van der Waals surface area contributed by atoms with Gasteiger partial charge in [-0.3, -0.25) is 9.59 Å². The third-order valence-electron chi connectivity index (χ3n) is 5.80. The lowest BCUT2D eigenvalue weighted by Crippen LogP contribution is -2.49. The number of nitrogens with one attached hydrogen (secondary N) is 2. The summed E-state index contributed by atoms with van der Waals surface area (Å²) in [6, 6.07) is 15.0. The Morgan fingerprint density at radius 1 is 1.00 bits per heavy atom. The van der Waals surface area contributed by atoms with Gasteiger partial charge in [0.15, 0.2) is 0 Å². The Hall–Kier alpha value is -2.86. The highest BCUT2D eigenvalue weighted by Crippen LogP contribution is 2.21. The van der Waals surface area contributed by atoms with Gasteiger partial charge in [-0.15, -0.1) is 0 Å². The number of carbonyl (C=O) groups excluding carboxylic acids is 2. The molecule has 1 aliphatic heterocycles. The fraction of sp³-hybridized carbons (Fsp3) is 0.440. The topological polar surface area (TPSA) is 64.7 Å². The summed E-state index contributed by atoms with van der Waals surface area (Å²) < 4.78 is 0. The van der Waals surface area contributed by atoms with Crippen molar-refractivity contribution in [1.82, 2.24) is 15.5 Å². The van der Waals surface area contributed by atoms with E-state index in [9.17, 15) is 9.59 Å². The molecule has 1 unspecified atom stereocenters. The summed E-state index contributed by atoms with van der Waals surface area (Å²) in [7, 11) is 2.14. The number of rotatable bonds is 7. The lowest BCUT2D eigenvalue weighted by molar-refractivity contribution is -0.124. The summed E-state index contributed by atoms with van der Waals surface area (Å²) in [5.41, 5.74) is 3.84. The summed E-state index contributed by atoms with van der Waals surface area (Å²) in [6.45, 7) is 10.3. The van der Waals surface area contributed by atoms with Crippen LogP contribution in [0.1, 0.15) is 35.3 Å². The first-order valence-electron chi connectivity index (χ1n) is 11.0. The van der Waals surface area contributed by atoms with Gasteiger partial charge in [-0.25, -0.2) is 0 Å². The Morgan fingerprint density at radius 2 is 1.71 bits per heavy atom. The summed E-state index contributed by atoms with van der Waals surface area (Å²) in [5, 5.41) is 5.96. The predicted octanol–water partition coefficient (Wildman–Crippen LogP) is 2.82.